The lowest BCUT2D eigenvalue weighted by Crippen LogP contribution is -2.24. The molecule has 5 heteroatoms. The fraction of sp³-hybridized carbons (Fsp3) is 0.235. The molecule has 3 aromatic rings. The van der Waals surface area contributed by atoms with Crippen LogP contribution in [0.25, 0.3) is 11.0 Å². The lowest BCUT2D eigenvalue weighted by molar-refractivity contribution is 0.0953. The minimum absolute atomic E-state index is 0.0436. The van der Waals surface area contributed by atoms with Crippen LogP contribution in [0.5, 0.6) is 0 Å². The number of carbonyl (C=O) groups is 1. The molecule has 1 aromatic carbocycles. The van der Waals surface area contributed by atoms with Crippen molar-refractivity contribution < 1.29 is 4.79 Å². The highest BCUT2D eigenvalue weighted by molar-refractivity contribution is 5.97. The zero-order chi connectivity index (χ0) is 15.2. The summed E-state index contributed by atoms with van der Waals surface area (Å²) in [7, 11) is 0. The molecule has 3 rings (SSSR count). The Hall–Kier alpha value is -2.69. The summed E-state index contributed by atoms with van der Waals surface area (Å²) in [6, 6.07) is 9.50. The first-order valence-electron chi connectivity index (χ1n) is 7.43. The monoisotopic (exact) mass is 294 g/mol. The van der Waals surface area contributed by atoms with Crippen molar-refractivity contribution in [3.63, 3.8) is 0 Å². The van der Waals surface area contributed by atoms with Gasteiger partial charge in [0.15, 0.2) is 0 Å². The van der Waals surface area contributed by atoms with Gasteiger partial charge in [-0.2, -0.15) is 0 Å². The molecular weight excluding hydrogens is 276 g/mol. The number of carbonyl (C=O) groups excluding carboxylic acids is 1. The Balaban J connectivity index is 1.44. The van der Waals surface area contributed by atoms with Gasteiger partial charge in [0.25, 0.3) is 5.91 Å². The standard InChI is InChI=1S/C17H18N4O/c22-17(14-6-7-15-16(10-14)21-12-20-15)19-9-2-1-4-13-5-3-8-18-11-13/h3,5-8,10-12H,1-2,4,9H2,(H,19,22)(H,20,21). The van der Waals surface area contributed by atoms with Crippen LogP contribution in [-0.2, 0) is 6.42 Å². The molecule has 22 heavy (non-hydrogen) atoms. The molecule has 1 amide bonds. The number of hydrogen-bond donors (Lipinski definition) is 2. The number of rotatable bonds is 6. The SMILES string of the molecule is O=C(NCCCCc1cccnc1)c1ccc2nc[nH]c2c1. The third-order valence-corrected chi connectivity index (χ3v) is 3.58. The van der Waals surface area contributed by atoms with Crippen LogP contribution < -0.4 is 5.32 Å². The smallest absolute Gasteiger partial charge is 0.251 e. The summed E-state index contributed by atoms with van der Waals surface area (Å²) in [5, 5.41) is 2.95. The Morgan fingerprint density at radius 2 is 2.18 bits per heavy atom. The number of amides is 1. The van der Waals surface area contributed by atoms with Crippen LogP contribution in [0.2, 0.25) is 0 Å². The van der Waals surface area contributed by atoms with Gasteiger partial charge in [0.2, 0.25) is 0 Å². The molecule has 0 spiro atoms. The van der Waals surface area contributed by atoms with Gasteiger partial charge in [0.1, 0.15) is 0 Å². The van der Waals surface area contributed by atoms with E-state index in [0.717, 1.165) is 30.3 Å². The number of aryl methyl sites for hydroxylation is 1. The van der Waals surface area contributed by atoms with E-state index in [0.29, 0.717) is 12.1 Å². The van der Waals surface area contributed by atoms with Gasteiger partial charge in [0.05, 0.1) is 17.4 Å². The lowest BCUT2D eigenvalue weighted by atomic mass is 10.1. The van der Waals surface area contributed by atoms with Crippen molar-refractivity contribution in [2.45, 2.75) is 19.3 Å². The maximum Gasteiger partial charge on any atom is 0.251 e. The number of fused-ring (bicyclic) bond motifs is 1. The number of pyridine rings is 1. The largest absolute Gasteiger partial charge is 0.352 e. The number of H-pyrrole nitrogens is 1. The summed E-state index contributed by atoms with van der Waals surface area (Å²) in [4.78, 5) is 23.3. The first kappa shape index (κ1) is 14.3. The maximum absolute atomic E-state index is 12.1. The summed E-state index contributed by atoms with van der Waals surface area (Å²) in [5.74, 6) is -0.0436. The molecule has 0 bridgehead atoms. The van der Waals surface area contributed by atoms with Gasteiger partial charge in [-0.25, -0.2) is 4.98 Å². The summed E-state index contributed by atoms with van der Waals surface area (Å²) < 4.78 is 0. The van der Waals surface area contributed by atoms with Crippen LogP contribution in [0.3, 0.4) is 0 Å². The van der Waals surface area contributed by atoms with E-state index in [1.54, 1.807) is 18.6 Å². The highest BCUT2D eigenvalue weighted by Gasteiger charge is 2.06. The number of imidazole rings is 1. The maximum atomic E-state index is 12.1. The molecule has 0 aliphatic carbocycles. The zero-order valence-electron chi connectivity index (χ0n) is 12.2. The molecule has 112 valence electrons. The third-order valence-electron chi connectivity index (χ3n) is 3.58. The second-order valence-corrected chi connectivity index (χ2v) is 5.21. The number of hydrogen-bond acceptors (Lipinski definition) is 3. The molecule has 2 aromatic heterocycles. The van der Waals surface area contributed by atoms with E-state index in [1.807, 2.05) is 24.4 Å². The fourth-order valence-electron chi connectivity index (χ4n) is 2.38. The molecule has 0 radical (unpaired) electrons. The van der Waals surface area contributed by atoms with Gasteiger partial charge in [-0.05, 0) is 49.1 Å². The molecule has 5 nitrogen and oxygen atoms in total. The number of nitrogens with zero attached hydrogens (tertiary/aromatic N) is 2. The van der Waals surface area contributed by atoms with Crippen molar-refractivity contribution in [1.29, 1.82) is 0 Å². The van der Waals surface area contributed by atoms with E-state index in [1.165, 1.54) is 5.56 Å². The van der Waals surface area contributed by atoms with Crippen molar-refractivity contribution in [2.24, 2.45) is 0 Å². The number of aromatic nitrogens is 3. The van der Waals surface area contributed by atoms with E-state index in [9.17, 15) is 4.79 Å². The van der Waals surface area contributed by atoms with Crippen LogP contribution in [0.4, 0.5) is 0 Å². The summed E-state index contributed by atoms with van der Waals surface area (Å²) >= 11 is 0. The van der Waals surface area contributed by atoms with Crippen molar-refractivity contribution >= 4 is 16.9 Å². The lowest BCUT2D eigenvalue weighted by Gasteiger charge is -2.05. The fourth-order valence-corrected chi connectivity index (χ4v) is 2.38. The topological polar surface area (TPSA) is 70.7 Å². The van der Waals surface area contributed by atoms with Crippen molar-refractivity contribution in [3.05, 3.63) is 60.2 Å². The van der Waals surface area contributed by atoms with E-state index in [-0.39, 0.29) is 5.91 Å². The quantitative estimate of drug-likeness (QED) is 0.687. The van der Waals surface area contributed by atoms with Gasteiger partial charge in [-0.15, -0.1) is 0 Å². The van der Waals surface area contributed by atoms with Crippen LogP contribution >= 0.6 is 0 Å². The molecule has 2 heterocycles. The number of aromatic amines is 1. The van der Waals surface area contributed by atoms with E-state index >= 15 is 0 Å². The Morgan fingerprint density at radius 3 is 3.05 bits per heavy atom. The van der Waals surface area contributed by atoms with E-state index in [4.69, 9.17) is 0 Å². The van der Waals surface area contributed by atoms with Crippen molar-refractivity contribution in [3.8, 4) is 0 Å². The van der Waals surface area contributed by atoms with Gasteiger partial charge in [0, 0.05) is 24.5 Å². The predicted octanol–water partition coefficient (Wildman–Crippen LogP) is 2.71. The first-order valence-corrected chi connectivity index (χ1v) is 7.43. The predicted molar refractivity (Wildman–Crippen MR) is 85.6 cm³/mol. The van der Waals surface area contributed by atoms with Crippen LogP contribution in [0, 0.1) is 0 Å². The molecule has 0 aliphatic rings. The minimum atomic E-state index is -0.0436. The van der Waals surface area contributed by atoms with Crippen LogP contribution in [0.1, 0.15) is 28.8 Å². The molecular formula is C17H18N4O. The average molecular weight is 294 g/mol. The summed E-state index contributed by atoms with van der Waals surface area (Å²) in [5.41, 5.74) is 3.64. The average Bonchev–Trinajstić information content (AvgIpc) is 3.03. The number of benzene rings is 1. The second kappa shape index (κ2) is 6.85. The summed E-state index contributed by atoms with van der Waals surface area (Å²) in [6.07, 6.45) is 8.27. The third kappa shape index (κ3) is 3.49. The van der Waals surface area contributed by atoms with Crippen LogP contribution in [0.15, 0.2) is 49.1 Å². The Morgan fingerprint density at radius 1 is 1.23 bits per heavy atom. The van der Waals surface area contributed by atoms with Gasteiger partial charge in [-0.1, -0.05) is 6.07 Å². The van der Waals surface area contributed by atoms with Gasteiger partial charge >= 0.3 is 0 Å². The molecule has 0 atom stereocenters. The molecule has 0 fully saturated rings. The highest BCUT2D eigenvalue weighted by Crippen LogP contribution is 2.11. The van der Waals surface area contributed by atoms with Crippen molar-refractivity contribution in [1.82, 2.24) is 20.3 Å². The Labute approximate surface area is 128 Å². The molecule has 0 saturated carbocycles. The normalized spacial score (nSPS) is 10.7. The first-order chi connectivity index (χ1) is 10.8. The number of unbranched alkanes of at least 4 members (excludes halogenated alkanes) is 1. The van der Waals surface area contributed by atoms with E-state index < -0.39 is 0 Å². The second-order valence-electron chi connectivity index (χ2n) is 5.21. The number of nitrogens with one attached hydrogen (secondary N) is 2. The Kier molecular flexibility index (Phi) is 4.44. The molecule has 2 N–H and O–H groups in total. The molecule has 0 aliphatic heterocycles. The molecule has 0 unspecified atom stereocenters. The van der Waals surface area contributed by atoms with Gasteiger partial charge in [-0.3, -0.25) is 9.78 Å². The Bertz CT molecular complexity index is 751. The van der Waals surface area contributed by atoms with E-state index in [2.05, 4.69) is 26.3 Å². The van der Waals surface area contributed by atoms with Gasteiger partial charge < -0.3 is 10.3 Å². The highest BCUT2D eigenvalue weighted by atomic mass is 16.1. The van der Waals surface area contributed by atoms with Crippen molar-refractivity contribution in [2.75, 3.05) is 6.54 Å². The minimum Gasteiger partial charge on any atom is -0.352 e. The molecule has 0 saturated heterocycles. The van der Waals surface area contributed by atoms with Crippen LogP contribution in [-0.4, -0.2) is 27.4 Å². The zero-order valence-corrected chi connectivity index (χ0v) is 12.2. The summed E-state index contributed by atoms with van der Waals surface area (Å²) in [6.45, 7) is 0.681.